The Morgan fingerprint density at radius 1 is 0.788 bits per heavy atom. The number of thioether (sulfide) groups is 1. The molecule has 2 heterocycles. The van der Waals surface area contributed by atoms with E-state index in [0.717, 1.165) is 80.3 Å². The third kappa shape index (κ3) is 18.6. The van der Waals surface area contributed by atoms with Crippen LogP contribution in [-0.4, -0.2) is 144 Å². The van der Waals surface area contributed by atoms with Gasteiger partial charge in [-0.2, -0.15) is 0 Å². The number of aryl methyl sites for hydroxylation is 1. The molecule has 2 aromatic heterocycles. The smallest absolute Gasteiger partial charge is 0.354 e. The standard InChI is InChI=1S/C25H31F3O5S.C25H37NO4.C19H18N2O4S.C11H8O3/c1-5-20(31)33-25(21(32)34-12-26)13(2)8-15-16-10-18(27)17-9-14(29)6-7-22(17,3)24(16,28)19(30)11-23(15,25)4;27-20-23-18-22(13-14-24(23)28)25(29)19-26-15-7-1-2-8-16-30-17-9-6-12-21-10-4-3-5-11-21;1-3-24-16-9-8-12(10-17(16)25-4-2)18-21-15(11-26-18)13-6-5-7-14(20-13)19(22)23;12-10-8-4-2-1-3-7(8)5-6-9(10)11(13)14/h6-7,9,13,15-16,18-19,30H,5,8,10-12H2,1-4H3;3-5,10-11,13-14,18,25-29H,1-2,6-9,12,15-17,19-20H2;5-11H,3-4H2,1-2H3,(H,22,23);1-6,12H,(H,13,14)/t13-,15+,16+,18+,19+,22+,23+,24+,25+;;;/m1.../s1. The lowest BCUT2D eigenvalue weighted by atomic mass is 9.44. The maximum atomic E-state index is 17.2. The number of aliphatic hydroxyl groups is 3. The van der Waals surface area contributed by atoms with E-state index < -0.39 is 93.0 Å². The van der Waals surface area contributed by atoms with Gasteiger partial charge in [-0.1, -0.05) is 112 Å². The van der Waals surface area contributed by atoms with Gasteiger partial charge in [-0.05, 0) is 179 Å². The van der Waals surface area contributed by atoms with Crippen LogP contribution in [0.2, 0.25) is 0 Å². The van der Waals surface area contributed by atoms with Crippen LogP contribution in [0, 0.1) is 28.6 Å². The van der Waals surface area contributed by atoms with Gasteiger partial charge in [0, 0.05) is 70.7 Å². The second-order valence-corrected chi connectivity index (χ2v) is 28.3. The summed E-state index contributed by atoms with van der Waals surface area (Å²) in [5.41, 5.74) is -2.30. The lowest BCUT2D eigenvalue weighted by Gasteiger charge is -2.63. The number of alkyl halides is 3. The number of nitrogens with one attached hydrogen (secondary N) is 1. The summed E-state index contributed by atoms with van der Waals surface area (Å²) in [6.45, 7) is 14.2. The van der Waals surface area contributed by atoms with Crippen LogP contribution in [-0.2, 0) is 36.9 Å². The zero-order valence-corrected chi connectivity index (χ0v) is 61.0. The highest BCUT2D eigenvalue weighted by molar-refractivity contribution is 8.13. The maximum absolute atomic E-state index is 17.2. The van der Waals surface area contributed by atoms with Gasteiger partial charge in [-0.3, -0.25) is 14.4 Å². The average Bonchev–Trinajstić information content (AvgIpc) is 1.39. The van der Waals surface area contributed by atoms with Gasteiger partial charge in [-0.25, -0.2) is 32.7 Å². The number of ether oxygens (including phenoxy) is 4. The van der Waals surface area contributed by atoms with Gasteiger partial charge in [-0.15, -0.1) is 11.3 Å². The summed E-state index contributed by atoms with van der Waals surface area (Å²) in [4.78, 5) is 68.3. The zero-order chi connectivity index (χ0) is 75.4. The van der Waals surface area contributed by atoms with Crippen LogP contribution in [0.25, 0.3) is 32.7 Å². The molecule has 4 aliphatic carbocycles. The predicted octanol–water partition coefficient (Wildman–Crippen LogP) is 15.1. The molecule has 0 radical (unpaired) electrons. The third-order valence-corrected chi connectivity index (χ3v) is 21.7. The van der Waals surface area contributed by atoms with E-state index in [1.807, 2.05) is 49.6 Å². The normalized spacial score (nSPS) is 23.0. The Balaban J connectivity index is 0.000000182. The number of carboxylic acid groups (broad SMARTS) is 2. The Morgan fingerprint density at radius 3 is 2.20 bits per heavy atom. The second kappa shape index (κ2) is 37.5. The van der Waals surface area contributed by atoms with Crippen molar-refractivity contribution < 1.29 is 91.8 Å². The van der Waals surface area contributed by atoms with Gasteiger partial charge in [0.15, 0.2) is 28.6 Å². The molecule has 0 spiro atoms. The first-order valence-corrected chi connectivity index (χ1v) is 37.1. The van der Waals surface area contributed by atoms with Crippen molar-refractivity contribution in [1.82, 2.24) is 15.3 Å². The Morgan fingerprint density at radius 2 is 1.50 bits per heavy atom. The number of carboxylic acids is 2. The number of halogens is 3. The molecule has 10 atom stereocenters. The van der Waals surface area contributed by atoms with Crippen LogP contribution in [0.5, 0.6) is 23.0 Å². The van der Waals surface area contributed by atoms with E-state index in [4.69, 9.17) is 29.2 Å². The number of fused-ring (bicyclic) bond motifs is 6. The number of aromatic carboxylic acids is 2. The minimum absolute atomic E-state index is 0.00301. The molecule has 0 amide bonds. The largest absolute Gasteiger partial charge is 0.508 e. The third-order valence-electron chi connectivity index (χ3n) is 20.1. The quantitative estimate of drug-likeness (QED) is 0.0167. The Hall–Kier alpha value is -8.49. The zero-order valence-electron chi connectivity index (χ0n) is 59.4. The number of carbonyl (C=O) groups is 5. The number of aromatic hydroxyl groups is 2. The number of esters is 1. The number of unbranched alkanes of at least 4 members (excludes halogenated alkanes) is 4. The molecule has 5 aromatic carbocycles. The summed E-state index contributed by atoms with van der Waals surface area (Å²) in [5.74, 6) is -4.22. The highest BCUT2D eigenvalue weighted by atomic mass is 32.2. The summed E-state index contributed by atoms with van der Waals surface area (Å²) >= 11 is 1.86. The van der Waals surface area contributed by atoms with Crippen molar-refractivity contribution in [2.45, 2.75) is 148 Å². The molecule has 4 aliphatic rings. The minimum atomic E-state index is -2.30. The van der Waals surface area contributed by atoms with Crippen molar-refractivity contribution in [2.75, 3.05) is 45.5 Å². The number of thiazole rings is 1. The minimum Gasteiger partial charge on any atom is -0.508 e. The van der Waals surface area contributed by atoms with Crippen LogP contribution in [0.15, 0.2) is 151 Å². The molecule has 3 fully saturated rings. The lowest BCUT2D eigenvalue weighted by molar-refractivity contribution is -0.228. The van der Waals surface area contributed by atoms with Crippen LogP contribution >= 0.6 is 23.1 Å². The number of pyridine rings is 1. The fourth-order valence-electron chi connectivity index (χ4n) is 14.8. The number of nitrogens with zero attached hydrogens (tertiary/aromatic N) is 2. The van der Waals surface area contributed by atoms with E-state index in [1.165, 1.54) is 60.6 Å². The molecule has 8 N–H and O–H groups in total. The van der Waals surface area contributed by atoms with Crippen LogP contribution < -0.4 is 14.8 Å². The van der Waals surface area contributed by atoms with E-state index in [2.05, 4.69) is 45.6 Å². The first-order valence-electron chi connectivity index (χ1n) is 35.2. The maximum Gasteiger partial charge on any atom is 0.354 e. The molecule has 7 aromatic rings. The highest BCUT2D eigenvalue weighted by Crippen LogP contribution is 2.72. The highest BCUT2D eigenvalue weighted by Gasteiger charge is 2.78. The van der Waals surface area contributed by atoms with Crippen LogP contribution in [0.4, 0.5) is 13.2 Å². The summed E-state index contributed by atoms with van der Waals surface area (Å²) in [6.07, 6.45) is 7.40. The summed E-state index contributed by atoms with van der Waals surface area (Å²) in [6, 6.07) is 35.2. The number of aliphatic hydroxyl groups excluding tert-OH is 3. The fraction of sp³-hybridized carbons (Fsp3) is 0.438. The van der Waals surface area contributed by atoms with Crippen molar-refractivity contribution in [2.24, 2.45) is 28.6 Å². The first-order chi connectivity index (χ1) is 49.8. The van der Waals surface area contributed by atoms with Gasteiger partial charge >= 0.3 is 17.9 Å². The summed E-state index contributed by atoms with van der Waals surface area (Å²) in [7, 11) is 0. The number of aromatic nitrogens is 2. The molecule has 0 saturated heterocycles. The van der Waals surface area contributed by atoms with Gasteiger partial charge < -0.3 is 60.0 Å². The first kappa shape index (κ1) is 81.2. The van der Waals surface area contributed by atoms with E-state index in [-0.39, 0.29) is 60.6 Å². The number of hydrogen-bond donors (Lipinski definition) is 8. The van der Waals surface area contributed by atoms with Crippen molar-refractivity contribution >= 4 is 62.7 Å². The molecular formula is C80H94F3N3O16S2. The van der Waals surface area contributed by atoms with Gasteiger partial charge in [0.1, 0.15) is 45.6 Å². The van der Waals surface area contributed by atoms with E-state index >= 15 is 8.78 Å². The average molecular weight is 1470 g/mol. The predicted molar refractivity (Wildman–Crippen MR) is 394 cm³/mol. The Kier molecular flexibility index (Phi) is 29.2. The van der Waals surface area contributed by atoms with Crippen molar-refractivity contribution in [3.8, 4) is 45.0 Å². The Bertz CT molecular complexity index is 4140. The van der Waals surface area contributed by atoms with Crippen molar-refractivity contribution in [1.29, 1.82) is 0 Å². The number of benzene rings is 5. The SMILES string of the molecule is CCC(=O)O[C@]1(C(=O)SCF)[C@H](C)C[C@H]2[C@@H]3C[C@H](F)C4=CC(=O)C=C[C@]4(C)[C@@]3(F)[C@@H](O)C[C@@]21C.CCOc1ccc(-c2nc(-c3cccc(C(=O)O)n3)cs2)cc1OCC.O=C(O)c1ccc2ccccc2c1O.OCc1cc(C(O)CNCCCCCCOCCCCc2ccccc2)ccc1O. The van der Waals surface area contributed by atoms with E-state index in [1.54, 1.807) is 63.2 Å². The van der Waals surface area contributed by atoms with Gasteiger partial charge in [0.25, 0.3) is 0 Å². The molecule has 24 heteroatoms. The molecule has 11 rings (SSSR count). The molecule has 0 bridgehead atoms. The molecule has 104 heavy (non-hydrogen) atoms. The second-order valence-electron chi connectivity index (χ2n) is 26.6. The van der Waals surface area contributed by atoms with Crippen molar-refractivity contribution in [3.63, 3.8) is 0 Å². The van der Waals surface area contributed by atoms with Gasteiger partial charge in [0.2, 0.25) is 5.12 Å². The van der Waals surface area contributed by atoms with E-state index in [9.17, 15) is 53.9 Å². The van der Waals surface area contributed by atoms with Crippen LogP contribution in [0.1, 0.15) is 149 Å². The fourth-order valence-corrected chi connectivity index (χ4v) is 16.4. The molecular weight excluding hydrogens is 1380 g/mol. The lowest BCUT2D eigenvalue weighted by Crippen LogP contribution is -2.70. The number of carbonyl (C=O) groups excluding carboxylic acids is 3. The molecule has 1 unspecified atom stereocenters. The van der Waals surface area contributed by atoms with Crippen molar-refractivity contribution in [3.05, 3.63) is 178 Å². The Labute approximate surface area is 612 Å². The molecule has 558 valence electrons. The van der Waals surface area contributed by atoms with Crippen LogP contribution in [0.3, 0.4) is 0 Å². The van der Waals surface area contributed by atoms with E-state index in [0.29, 0.717) is 70.9 Å². The molecule has 0 aliphatic heterocycles. The number of rotatable bonds is 28. The number of hydrogen-bond acceptors (Lipinski definition) is 19. The monoisotopic (exact) mass is 1470 g/mol. The summed E-state index contributed by atoms with van der Waals surface area (Å²) < 4.78 is 68.8. The number of ketones is 1. The van der Waals surface area contributed by atoms with Gasteiger partial charge in [0.05, 0.1) is 37.7 Å². The summed E-state index contributed by atoms with van der Waals surface area (Å²) in [5, 5.41) is 74.5. The number of phenols is 2. The number of allylic oxidation sites excluding steroid dienone is 4. The topological polar surface area (TPSA) is 302 Å². The molecule has 19 nitrogen and oxygen atoms in total. The molecule has 3 saturated carbocycles.